The maximum Gasteiger partial charge on any atom is 0.269 e. The molecule has 0 aliphatic carbocycles. The van der Waals surface area contributed by atoms with Gasteiger partial charge in [-0.1, -0.05) is 17.7 Å². The zero-order valence-corrected chi connectivity index (χ0v) is 15.8. The van der Waals surface area contributed by atoms with Crippen molar-refractivity contribution in [1.29, 1.82) is 0 Å². The first-order valence-electron chi connectivity index (χ1n) is 8.28. The lowest BCUT2D eigenvalue weighted by molar-refractivity contribution is -0.384. The summed E-state index contributed by atoms with van der Waals surface area (Å²) in [5.41, 5.74) is 1.30. The molecule has 0 radical (unpaired) electrons. The van der Waals surface area contributed by atoms with E-state index in [-0.39, 0.29) is 22.5 Å². The molecule has 0 bridgehead atoms. The predicted octanol–water partition coefficient (Wildman–Crippen LogP) is 4.79. The Balaban J connectivity index is 1.84. The lowest BCUT2D eigenvalue weighted by Gasteiger charge is -2.09. The Morgan fingerprint density at radius 1 is 1.21 bits per heavy atom. The molecule has 0 aliphatic rings. The highest BCUT2D eigenvalue weighted by Gasteiger charge is 2.13. The number of methoxy groups -OCH3 is 1. The molecule has 0 fully saturated rings. The van der Waals surface area contributed by atoms with Gasteiger partial charge in [0.25, 0.3) is 11.6 Å². The predicted molar refractivity (Wildman–Crippen MR) is 104 cm³/mol. The zero-order valence-electron chi connectivity index (χ0n) is 15.1. The topological polar surface area (TPSA) is 101 Å². The number of nitro groups is 1. The number of aromatic nitrogens is 2. The number of hydrogen-bond donors (Lipinski definition) is 0. The summed E-state index contributed by atoms with van der Waals surface area (Å²) in [6.45, 7) is 2.38. The van der Waals surface area contributed by atoms with E-state index < -0.39 is 4.92 Å². The second-order valence-electron chi connectivity index (χ2n) is 5.55. The van der Waals surface area contributed by atoms with Gasteiger partial charge in [0.2, 0.25) is 5.89 Å². The standard InChI is InChI=1S/C19H16ClN3O5/c1-3-27-17-11-12(4-9-16(17)26-2)10-15(20)19-22-21-18(28-19)13-5-7-14(8-6-13)23(24)25/h4-11H,3H2,1-2H3/b15-10-. The molecular weight excluding hydrogens is 386 g/mol. The molecule has 0 aliphatic heterocycles. The fourth-order valence-corrected chi connectivity index (χ4v) is 2.62. The highest BCUT2D eigenvalue weighted by molar-refractivity contribution is 6.50. The smallest absolute Gasteiger partial charge is 0.269 e. The van der Waals surface area contributed by atoms with Crippen LogP contribution in [-0.4, -0.2) is 28.8 Å². The van der Waals surface area contributed by atoms with Gasteiger partial charge in [-0.25, -0.2) is 0 Å². The normalized spacial score (nSPS) is 11.3. The summed E-state index contributed by atoms with van der Waals surface area (Å²) in [7, 11) is 1.57. The van der Waals surface area contributed by atoms with Crippen molar-refractivity contribution in [3.05, 3.63) is 64.0 Å². The summed E-state index contributed by atoms with van der Waals surface area (Å²) in [6.07, 6.45) is 1.66. The monoisotopic (exact) mass is 401 g/mol. The van der Waals surface area contributed by atoms with Gasteiger partial charge in [0.15, 0.2) is 11.5 Å². The molecule has 1 aromatic heterocycles. The number of nitrogens with zero attached hydrogens (tertiary/aromatic N) is 3. The van der Waals surface area contributed by atoms with Gasteiger partial charge >= 0.3 is 0 Å². The Morgan fingerprint density at radius 3 is 2.61 bits per heavy atom. The van der Waals surface area contributed by atoms with Crippen molar-refractivity contribution in [2.75, 3.05) is 13.7 Å². The third kappa shape index (κ3) is 4.29. The maximum atomic E-state index is 10.7. The minimum Gasteiger partial charge on any atom is -0.493 e. The van der Waals surface area contributed by atoms with Crippen LogP contribution >= 0.6 is 11.6 Å². The molecule has 2 aromatic carbocycles. The van der Waals surface area contributed by atoms with Crippen LogP contribution in [0.3, 0.4) is 0 Å². The lowest BCUT2D eigenvalue weighted by atomic mass is 10.2. The molecule has 3 aromatic rings. The van der Waals surface area contributed by atoms with Crippen LogP contribution in [0.5, 0.6) is 11.5 Å². The third-order valence-corrected chi connectivity index (χ3v) is 4.01. The highest BCUT2D eigenvalue weighted by atomic mass is 35.5. The Labute approximate surface area is 165 Å². The summed E-state index contributed by atoms with van der Waals surface area (Å²) in [6, 6.07) is 11.2. The average molecular weight is 402 g/mol. The van der Waals surface area contributed by atoms with Crippen LogP contribution in [0.1, 0.15) is 18.4 Å². The van der Waals surface area contributed by atoms with Crippen LogP contribution in [0.2, 0.25) is 0 Å². The molecule has 0 saturated heterocycles. The van der Waals surface area contributed by atoms with Crippen molar-refractivity contribution in [2.45, 2.75) is 6.92 Å². The Kier molecular flexibility index (Phi) is 5.90. The van der Waals surface area contributed by atoms with E-state index in [9.17, 15) is 10.1 Å². The van der Waals surface area contributed by atoms with Crippen molar-refractivity contribution in [1.82, 2.24) is 10.2 Å². The van der Waals surface area contributed by atoms with Crippen LogP contribution in [0, 0.1) is 10.1 Å². The van der Waals surface area contributed by atoms with Crippen LogP contribution < -0.4 is 9.47 Å². The molecule has 3 rings (SSSR count). The van der Waals surface area contributed by atoms with Crippen LogP contribution in [0.15, 0.2) is 46.9 Å². The van der Waals surface area contributed by atoms with E-state index in [0.717, 1.165) is 5.56 Å². The number of nitro benzene ring substituents is 1. The molecule has 0 N–H and O–H groups in total. The largest absolute Gasteiger partial charge is 0.493 e. The van der Waals surface area contributed by atoms with Gasteiger partial charge in [0.05, 0.1) is 18.6 Å². The van der Waals surface area contributed by atoms with Crippen molar-refractivity contribution in [3.63, 3.8) is 0 Å². The first-order valence-corrected chi connectivity index (χ1v) is 8.66. The first-order chi connectivity index (χ1) is 13.5. The van der Waals surface area contributed by atoms with Crippen molar-refractivity contribution >= 4 is 28.4 Å². The number of benzene rings is 2. The molecule has 0 saturated carbocycles. The Bertz CT molecular complexity index is 1010. The molecule has 0 amide bonds. The lowest BCUT2D eigenvalue weighted by Crippen LogP contribution is -1.95. The Hall–Kier alpha value is -3.39. The molecule has 144 valence electrons. The quantitative estimate of drug-likeness (QED) is 0.414. The summed E-state index contributed by atoms with van der Waals surface area (Å²) in [5.74, 6) is 1.55. The second kappa shape index (κ2) is 8.53. The van der Waals surface area contributed by atoms with Crippen LogP contribution in [0.4, 0.5) is 5.69 Å². The maximum absolute atomic E-state index is 10.7. The van der Waals surface area contributed by atoms with Gasteiger partial charge in [-0.3, -0.25) is 10.1 Å². The molecule has 1 heterocycles. The van der Waals surface area contributed by atoms with E-state index in [1.807, 2.05) is 13.0 Å². The third-order valence-electron chi connectivity index (χ3n) is 3.74. The molecule has 9 heteroatoms. The van der Waals surface area contributed by atoms with E-state index in [0.29, 0.717) is 23.7 Å². The summed E-state index contributed by atoms with van der Waals surface area (Å²) in [5, 5.41) is 18.9. The highest BCUT2D eigenvalue weighted by Crippen LogP contribution is 2.31. The van der Waals surface area contributed by atoms with Crippen LogP contribution in [0.25, 0.3) is 22.6 Å². The molecule has 8 nitrogen and oxygen atoms in total. The van der Waals surface area contributed by atoms with E-state index in [1.54, 1.807) is 25.3 Å². The first kappa shape index (κ1) is 19.4. The van der Waals surface area contributed by atoms with Gasteiger partial charge in [0, 0.05) is 17.7 Å². The molecule has 0 unspecified atom stereocenters. The summed E-state index contributed by atoms with van der Waals surface area (Å²) >= 11 is 6.31. The fraction of sp³-hybridized carbons (Fsp3) is 0.158. The van der Waals surface area contributed by atoms with Gasteiger partial charge in [-0.15, -0.1) is 10.2 Å². The Morgan fingerprint density at radius 2 is 1.96 bits per heavy atom. The van der Waals surface area contributed by atoms with E-state index in [1.165, 1.54) is 24.3 Å². The van der Waals surface area contributed by atoms with Crippen molar-refractivity contribution in [3.8, 4) is 23.0 Å². The number of halogens is 1. The summed E-state index contributed by atoms with van der Waals surface area (Å²) in [4.78, 5) is 10.3. The van der Waals surface area contributed by atoms with E-state index in [2.05, 4.69) is 10.2 Å². The number of ether oxygens (including phenoxy) is 2. The number of rotatable bonds is 7. The second-order valence-corrected chi connectivity index (χ2v) is 5.96. The minimum atomic E-state index is -0.478. The van der Waals surface area contributed by atoms with Crippen molar-refractivity contribution in [2.24, 2.45) is 0 Å². The number of non-ortho nitro benzene ring substituents is 1. The molecule has 0 spiro atoms. The molecular formula is C19H16ClN3O5. The van der Waals surface area contributed by atoms with Gasteiger partial charge in [-0.05, 0) is 42.8 Å². The van der Waals surface area contributed by atoms with Gasteiger partial charge in [0.1, 0.15) is 5.03 Å². The molecule has 0 atom stereocenters. The minimum absolute atomic E-state index is 0.0222. The zero-order chi connectivity index (χ0) is 20.1. The number of hydrogen-bond acceptors (Lipinski definition) is 7. The SMILES string of the molecule is CCOc1cc(/C=C(\Cl)c2nnc(-c3ccc([N+](=O)[O-])cc3)o2)ccc1OC. The van der Waals surface area contributed by atoms with Gasteiger partial charge in [-0.2, -0.15) is 0 Å². The van der Waals surface area contributed by atoms with Crippen LogP contribution in [-0.2, 0) is 0 Å². The average Bonchev–Trinajstić information content (AvgIpc) is 3.19. The fourth-order valence-electron chi connectivity index (χ4n) is 2.42. The van der Waals surface area contributed by atoms with E-state index >= 15 is 0 Å². The molecule has 28 heavy (non-hydrogen) atoms. The van der Waals surface area contributed by atoms with Crippen molar-refractivity contribution < 1.29 is 18.8 Å². The summed E-state index contributed by atoms with van der Waals surface area (Å²) < 4.78 is 16.4. The van der Waals surface area contributed by atoms with E-state index in [4.69, 9.17) is 25.5 Å². The van der Waals surface area contributed by atoms with Gasteiger partial charge < -0.3 is 13.9 Å².